The average Bonchev–Trinajstić information content (AvgIpc) is 2.75. The van der Waals surface area contributed by atoms with E-state index in [9.17, 15) is 4.79 Å². The summed E-state index contributed by atoms with van der Waals surface area (Å²) in [6.45, 7) is 6.93. The maximum atomic E-state index is 12.9. The van der Waals surface area contributed by atoms with Gasteiger partial charge < -0.3 is 11.1 Å². The summed E-state index contributed by atoms with van der Waals surface area (Å²) < 4.78 is 1.96. The van der Waals surface area contributed by atoms with Crippen LogP contribution in [0.25, 0.3) is 0 Å². The van der Waals surface area contributed by atoms with Crippen LogP contribution in [0.4, 0.5) is 0 Å². The molecule has 3 N–H and O–H groups in total. The number of aryl methyl sites for hydroxylation is 2. The van der Waals surface area contributed by atoms with E-state index in [0.717, 1.165) is 42.8 Å². The normalized spacial score (nSPS) is 29.0. The van der Waals surface area contributed by atoms with Crippen molar-refractivity contribution >= 4 is 18.3 Å². The second-order valence-electron chi connectivity index (χ2n) is 7.45. The Morgan fingerprint density at radius 1 is 1.29 bits per heavy atom. The quantitative estimate of drug-likeness (QED) is 0.873. The number of carbonyl (C=O) groups is 1. The van der Waals surface area contributed by atoms with Crippen LogP contribution in [0.1, 0.15) is 67.2 Å². The Morgan fingerprint density at radius 3 is 2.50 bits per heavy atom. The fourth-order valence-corrected chi connectivity index (χ4v) is 4.70. The largest absolute Gasteiger partial charge is 0.349 e. The van der Waals surface area contributed by atoms with E-state index >= 15 is 0 Å². The first-order valence-electron chi connectivity index (χ1n) is 9.11. The number of hydrogen-bond donors (Lipinski definition) is 2. The molecule has 0 aliphatic heterocycles. The molecule has 0 saturated heterocycles. The summed E-state index contributed by atoms with van der Waals surface area (Å²) in [5, 5.41) is 7.88. The van der Waals surface area contributed by atoms with Crippen LogP contribution < -0.4 is 11.1 Å². The van der Waals surface area contributed by atoms with Gasteiger partial charge in [-0.3, -0.25) is 9.48 Å². The minimum Gasteiger partial charge on any atom is -0.349 e. The summed E-state index contributed by atoms with van der Waals surface area (Å²) in [5.41, 5.74) is 8.78. The van der Waals surface area contributed by atoms with Gasteiger partial charge in [-0.25, -0.2) is 0 Å². The highest BCUT2D eigenvalue weighted by Crippen LogP contribution is 2.39. The van der Waals surface area contributed by atoms with Crippen molar-refractivity contribution in [1.82, 2.24) is 15.1 Å². The molecule has 2 aliphatic rings. The molecule has 1 aromatic rings. The van der Waals surface area contributed by atoms with Gasteiger partial charge in [0.15, 0.2) is 0 Å². The summed E-state index contributed by atoms with van der Waals surface area (Å²) in [6.07, 6.45) is 6.79. The molecule has 0 radical (unpaired) electrons. The van der Waals surface area contributed by atoms with Gasteiger partial charge in [0, 0.05) is 24.3 Å². The molecule has 6 heteroatoms. The van der Waals surface area contributed by atoms with E-state index in [1.54, 1.807) is 0 Å². The lowest BCUT2D eigenvalue weighted by Gasteiger charge is -2.45. The smallest absolute Gasteiger partial charge is 0.255 e. The number of nitrogens with two attached hydrogens (primary N) is 1. The molecule has 0 aromatic carbocycles. The Labute approximate surface area is 151 Å². The van der Waals surface area contributed by atoms with Crippen LogP contribution in [0.2, 0.25) is 0 Å². The molecule has 2 atom stereocenters. The number of aromatic nitrogens is 2. The monoisotopic (exact) mass is 354 g/mol. The van der Waals surface area contributed by atoms with Gasteiger partial charge in [0.05, 0.1) is 11.3 Å². The SMILES string of the molecule is CCCn1nc(C)c(C(=O)NC2C3CCCC2CC(N)C3)c1C.Cl. The zero-order chi connectivity index (χ0) is 16.6. The third-order valence-electron chi connectivity index (χ3n) is 5.72. The van der Waals surface area contributed by atoms with Crippen molar-refractivity contribution in [2.75, 3.05) is 0 Å². The number of carbonyl (C=O) groups excluding carboxylic acids is 1. The van der Waals surface area contributed by atoms with Gasteiger partial charge in [-0.1, -0.05) is 13.3 Å². The summed E-state index contributed by atoms with van der Waals surface area (Å²) in [7, 11) is 0. The topological polar surface area (TPSA) is 72.9 Å². The van der Waals surface area contributed by atoms with Crippen molar-refractivity contribution in [1.29, 1.82) is 0 Å². The van der Waals surface area contributed by atoms with Gasteiger partial charge in [-0.15, -0.1) is 12.4 Å². The standard InChI is InChI=1S/C18H30N4O.ClH/c1-4-8-22-12(3)16(11(2)21-22)18(23)20-17-13-6-5-7-14(17)10-15(19)9-13;/h13-15,17H,4-10,19H2,1-3H3,(H,20,23);1H. The highest BCUT2D eigenvalue weighted by Gasteiger charge is 2.40. The van der Waals surface area contributed by atoms with E-state index in [4.69, 9.17) is 5.73 Å². The van der Waals surface area contributed by atoms with E-state index in [2.05, 4.69) is 17.3 Å². The number of halogens is 1. The van der Waals surface area contributed by atoms with E-state index in [1.807, 2.05) is 18.5 Å². The molecule has 136 valence electrons. The fraction of sp³-hybridized carbons (Fsp3) is 0.778. The van der Waals surface area contributed by atoms with E-state index < -0.39 is 0 Å². The predicted octanol–water partition coefficient (Wildman–Crippen LogP) is 2.97. The second-order valence-corrected chi connectivity index (χ2v) is 7.45. The van der Waals surface area contributed by atoms with Crippen LogP contribution in [0.5, 0.6) is 0 Å². The first-order valence-corrected chi connectivity index (χ1v) is 9.11. The van der Waals surface area contributed by atoms with Crippen molar-refractivity contribution in [3.8, 4) is 0 Å². The third kappa shape index (κ3) is 3.62. The summed E-state index contributed by atoms with van der Waals surface area (Å²) in [6, 6.07) is 0.610. The molecular weight excluding hydrogens is 324 g/mol. The Kier molecular flexibility index (Phi) is 6.32. The maximum absolute atomic E-state index is 12.9. The average molecular weight is 355 g/mol. The first kappa shape index (κ1) is 19.3. The summed E-state index contributed by atoms with van der Waals surface area (Å²) >= 11 is 0. The number of amides is 1. The molecule has 1 aromatic heterocycles. The van der Waals surface area contributed by atoms with Crippen LogP contribution in [0, 0.1) is 25.7 Å². The van der Waals surface area contributed by atoms with Crippen LogP contribution >= 0.6 is 12.4 Å². The Bertz CT molecular complexity index is 572. The van der Waals surface area contributed by atoms with Crippen molar-refractivity contribution in [2.45, 2.75) is 77.9 Å². The Morgan fingerprint density at radius 2 is 1.92 bits per heavy atom. The molecule has 2 saturated carbocycles. The molecule has 2 aliphatic carbocycles. The van der Waals surface area contributed by atoms with Crippen LogP contribution in [-0.2, 0) is 6.54 Å². The third-order valence-corrected chi connectivity index (χ3v) is 5.72. The molecule has 2 unspecified atom stereocenters. The molecule has 2 bridgehead atoms. The van der Waals surface area contributed by atoms with Crippen molar-refractivity contribution in [2.24, 2.45) is 17.6 Å². The zero-order valence-corrected chi connectivity index (χ0v) is 15.9. The molecule has 1 heterocycles. The summed E-state index contributed by atoms with van der Waals surface area (Å²) in [4.78, 5) is 12.9. The van der Waals surface area contributed by atoms with Gasteiger partial charge in [0.2, 0.25) is 0 Å². The number of hydrogen-bond acceptors (Lipinski definition) is 3. The number of nitrogens with one attached hydrogen (secondary N) is 1. The van der Waals surface area contributed by atoms with Gasteiger partial charge >= 0.3 is 0 Å². The first-order chi connectivity index (χ1) is 11.0. The van der Waals surface area contributed by atoms with Gasteiger partial charge in [0.25, 0.3) is 5.91 Å². The summed E-state index contributed by atoms with van der Waals surface area (Å²) in [5.74, 6) is 1.15. The second kappa shape index (κ2) is 7.87. The van der Waals surface area contributed by atoms with Crippen LogP contribution in [0.15, 0.2) is 0 Å². The van der Waals surface area contributed by atoms with E-state index in [0.29, 0.717) is 23.9 Å². The minimum absolute atomic E-state index is 0. The lowest BCUT2D eigenvalue weighted by molar-refractivity contribution is 0.0755. The fourth-order valence-electron chi connectivity index (χ4n) is 4.70. The van der Waals surface area contributed by atoms with E-state index in [-0.39, 0.29) is 18.3 Å². The van der Waals surface area contributed by atoms with Crippen molar-refractivity contribution < 1.29 is 4.79 Å². The molecule has 5 nitrogen and oxygen atoms in total. The zero-order valence-electron chi connectivity index (χ0n) is 15.0. The number of nitrogens with zero attached hydrogens (tertiary/aromatic N) is 2. The molecule has 0 spiro atoms. The Balaban J connectivity index is 0.00000208. The maximum Gasteiger partial charge on any atom is 0.255 e. The highest BCUT2D eigenvalue weighted by atomic mass is 35.5. The van der Waals surface area contributed by atoms with Gasteiger partial charge in [0.1, 0.15) is 0 Å². The lowest BCUT2D eigenvalue weighted by Crippen LogP contribution is -2.53. The molecular formula is C18H31ClN4O. The van der Waals surface area contributed by atoms with Gasteiger partial charge in [-0.2, -0.15) is 5.10 Å². The van der Waals surface area contributed by atoms with Crippen LogP contribution in [-0.4, -0.2) is 27.8 Å². The molecule has 1 amide bonds. The van der Waals surface area contributed by atoms with Gasteiger partial charge in [-0.05, 0) is 57.8 Å². The van der Waals surface area contributed by atoms with Crippen molar-refractivity contribution in [3.63, 3.8) is 0 Å². The predicted molar refractivity (Wildman–Crippen MR) is 98.5 cm³/mol. The number of rotatable bonds is 4. The van der Waals surface area contributed by atoms with E-state index in [1.165, 1.54) is 19.3 Å². The van der Waals surface area contributed by atoms with Crippen molar-refractivity contribution in [3.05, 3.63) is 17.0 Å². The minimum atomic E-state index is 0. The highest BCUT2D eigenvalue weighted by molar-refractivity contribution is 5.96. The molecule has 3 rings (SSSR count). The molecule has 2 fully saturated rings. The van der Waals surface area contributed by atoms with Crippen LogP contribution in [0.3, 0.4) is 0 Å². The molecule has 24 heavy (non-hydrogen) atoms. The lowest BCUT2D eigenvalue weighted by atomic mass is 9.67. The number of fused-ring (bicyclic) bond motifs is 2. The Hall–Kier alpha value is -1.07.